The van der Waals surface area contributed by atoms with E-state index in [9.17, 15) is 35.4 Å². The van der Waals surface area contributed by atoms with Crippen LogP contribution in [0.25, 0.3) is 0 Å². The third-order valence-electron chi connectivity index (χ3n) is 7.10. The molecule has 0 saturated carbocycles. The van der Waals surface area contributed by atoms with E-state index in [4.69, 9.17) is 28.4 Å². The first kappa shape index (κ1) is 35.1. The number of carbonyl (C=O) groups is 1. The fourth-order valence-electron chi connectivity index (χ4n) is 4.88. The van der Waals surface area contributed by atoms with Crippen LogP contribution in [0, 0.1) is 5.92 Å². The van der Waals surface area contributed by atoms with Crippen molar-refractivity contribution in [3.63, 3.8) is 0 Å². The molecular weight excluding hydrogens is 538 g/mol. The molecule has 15 unspecified atom stereocenters. The van der Waals surface area contributed by atoms with Gasteiger partial charge in [-0.1, -0.05) is 6.92 Å². The van der Waals surface area contributed by atoms with Gasteiger partial charge in [0.25, 0.3) is 0 Å². The van der Waals surface area contributed by atoms with Crippen molar-refractivity contribution in [3.8, 4) is 0 Å². The normalized spacial score (nSPS) is 38.7. The lowest BCUT2D eigenvalue weighted by molar-refractivity contribution is -0.515. The molecule has 40 heavy (non-hydrogen) atoms. The van der Waals surface area contributed by atoms with E-state index in [0.717, 1.165) is 0 Å². The molecule has 2 aliphatic rings. The van der Waals surface area contributed by atoms with Crippen LogP contribution < -0.4 is 16.8 Å². The number of hydrogen-bond donors (Lipinski definition) is 9. The summed E-state index contributed by atoms with van der Waals surface area (Å²) in [7, 11) is 1.42. The van der Waals surface area contributed by atoms with Crippen molar-refractivity contribution < 1.29 is 75.3 Å². The van der Waals surface area contributed by atoms with Gasteiger partial charge in [0, 0.05) is 26.6 Å². The van der Waals surface area contributed by atoms with Gasteiger partial charge < -0.3 is 75.8 Å². The fourth-order valence-corrected chi connectivity index (χ4v) is 4.88. The SMILES string of the molecule is COC(OC1C(CO)OC(OC2C(CO)OC(OC(C(C)O)C(C)CO)C(NC(C)=O)C2O)C([NH3+])C1O)C(C)[NH3+]. The van der Waals surface area contributed by atoms with E-state index in [1.54, 1.807) is 13.8 Å². The monoisotopic (exact) mass is 587 g/mol. The van der Waals surface area contributed by atoms with Crippen molar-refractivity contribution in [1.29, 1.82) is 0 Å². The molecule has 0 aromatic heterocycles. The third-order valence-corrected chi connectivity index (χ3v) is 7.10. The van der Waals surface area contributed by atoms with Crippen molar-refractivity contribution in [3.05, 3.63) is 0 Å². The first-order valence-corrected chi connectivity index (χ1v) is 13.4. The Balaban J connectivity index is 2.28. The van der Waals surface area contributed by atoms with Gasteiger partial charge in [-0.2, -0.15) is 0 Å². The highest BCUT2D eigenvalue weighted by atomic mass is 16.7. The summed E-state index contributed by atoms with van der Waals surface area (Å²) in [5.41, 5.74) is 7.78. The molecule has 16 heteroatoms. The molecule has 13 N–H and O–H groups in total. The highest BCUT2D eigenvalue weighted by molar-refractivity contribution is 5.73. The predicted molar refractivity (Wildman–Crippen MR) is 133 cm³/mol. The van der Waals surface area contributed by atoms with Gasteiger partial charge in [-0.25, -0.2) is 0 Å². The molecule has 2 fully saturated rings. The summed E-state index contributed by atoms with van der Waals surface area (Å²) in [5, 5.41) is 64.7. The molecule has 16 nitrogen and oxygen atoms in total. The first-order valence-electron chi connectivity index (χ1n) is 13.4. The molecule has 2 rings (SSSR count). The Morgan fingerprint density at radius 1 is 0.975 bits per heavy atom. The third kappa shape index (κ3) is 8.48. The molecule has 2 aliphatic heterocycles. The van der Waals surface area contributed by atoms with E-state index in [-0.39, 0.29) is 12.6 Å². The summed E-state index contributed by atoms with van der Waals surface area (Å²) < 4.78 is 34.7. The van der Waals surface area contributed by atoms with E-state index in [1.807, 2.05) is 0 Å². The minimum absolute atomic E-state index is 0.313. The minimum atomic E-state index is -1.53. The summed E-state index contributed by atoms with van der Waals surface area (Å²) in [6.07, 6.45) is -12.9. The molecule has 0 bridgehead atoms. The molecule has 1 amide bonds. The van der Waals surface area contributed by atoms with Gasteiger partial charge in [-0.3, -0.25) is 4.79 Å². The van der Waals surface area contributed by atoms with Crippen LogP contribution in [0.15, 0.2) is 0 Å². The average Bonchev–Trinajstić information content (AvgIpc) is 2.90. The number of aliphatic hydroxyl groups excluding tert-OH is 6. The van der Waals surface area contributed by atoms with Crippen LogP contribution in [-0.4, -0.2) is 149 Å². The zero-order valence-corrected chi connectivity index (χ0v) is 23.7. The van der Waals surface area contributed by atoms with Gasteiger partial charge >= 0.3 is 0 Å². The lowest BCUT2D eigenvalue weighted by Crippen LogP contribution is -2.80. The number of rotatable bonds is 14. The second-order valence-corrected chi connectivity index (χ2v) is 10.6. The minimum Gasteiger partial charge on any atom is -0.396 e. The molecule has 15 atom stereocenters. The van der Waals surface area contributed by atoms with Crippen LogP contribution >= 0.6 is 0 Å². The maximum absolute atomic E-state index is 12.0. The maximum atomic E-state index is 12.0. The summed E-state index contributed by atoms with van der Waals surface area (Å²) in [4.78, 5) is 12.0. The van der Waals surface area contributed by atoms with Crippen LogP contribution in [0.3, 0.4) is 0 Å². The Hall–Kier alpha value is -1.09. The maximum Gasteiger partial charge on any atom is 0.217 e. The Labute approximate surface area is 233 Å². The number of methoxy groups -OCH3 is 1. The van der Waals surface area contributed by atoms with E-state index >= 15 is 0 Å². The number of quaternary nitrogens is 2. The molecule has 236 valence electrons. The van der Waals surface area contributed by atoms with Gasteiger partial charge in [0.15, 0.2) is 12.3 Å². The van der Waals surface area contributed by atoms with Crippen molar-refractivity contribution in [2.75, 3.05) is 26.9 Å². The second kappa shape index (κ2) is 15.9. The largest absolute Gasteiger partial charge is 0.396 e. The van der Waals surface area contributed by atoms with Gasteiger partial charge in [0.05, 0.1) is 25.4 Å². The number of ether oxygens (including phenoxy) is 6. The number of hydrogen-bond acceptors (Lipinski definition) is 13. The van der Waals surface area contributed by atoms with E-state index in [2.05, 4.69) is 16.8 Å². The number of amides is 1. The molecular formula is C24H49N3O13+2. The quantitative estimate of drug-likeness (QED) is 0.0858. The summed E-state index contributed by atoms with van der Waals surface area (Å²) in [6.45, 7) is 4.55. The zero-order valence-electron chi connectivity index (χ0n) is 23.7. The molecule has 0 spiro atoms. The molecule has 0 radical (unpaired) electrons. The van der Waals surface area contributed by atoms with Crippen LogP contribution in [0.4, 0.5) is 0 Å². The van der Waals surface area contributed by atoms with Gasteiger partial charge in [-0.15, -0.1) is 0 Å². The van der Waals surface area contributed by atoms with E-state index < -0.39 is 105 Å². The standard InChI is InChI=1S/C24H47N3O13/c1-9(6-28)19(11(3)31)38-24-16(27-12(4)32)18(34)21(14(8-30)37-24)40-23-15(26)17(33)20(13(7-29)36-23)39-22(35-5)10(2)25/h9-11,13-24,28-31,33-34H,6-8,25-26H2,1-5H3,(H,27,32)/p+2. The molecule has 2 heterocycles. The molecule has 0 aromatic carbocycles. The number of aliphatic hydroxyl groups is 6. The van der Waals surface area contributed by atoms with Crippen molar-refractivity contribution in [2.24, 2.45) is 5.92 Å². The van der Waals surface area contributed by atoms with Crippen LogP contribution in [0.1, 0.15) is 27.7 Å². The van der Waals surface area contributed by atoms with Crippen LogP contribution in [0.2, 0.25) is 0 Å². The van der Waals surface area contributed by atoms with E-state index in [0.29, 0.717) is 0 Å². The second-order valence-electron chi connectivity index (χ2n) is 10.6. The highest BCUT2D eigenvalue weighted by Crippen LogP contribution is 2.31. The van der Waals surface area contributed by atoms with Gasteiger partial charge in [-0.05, 0) is 13.8 Å². The lowest BCUT2D eigenvalue weighted by Gasteiger charge is -2.48. The lowest BCUT2D eigenvalue weighted by atomic mass is 9.94. The van der Waals surface area contributed by atoms with Gasteiger partial charge in [0.2, 0.25) is 18.5 Å². The Morgan fingerprint density at radius 2 is 1.55 bits per heavy atom. The summed E-state index contributed by atoms with van der Waals surface area (Å²) in [6, 6.07) is -2.53. The van der Waals surface area contributed by atoms with Crippen LogP contribution in [0.5, 0.6) is 0 Å². The molecule has 0 aliphatic carbocycles. The molecule has 2 saturated heterocycles. The topological polar surface area (TPSA) is 261 Å². The predicted octanol–water partition coefficient (Wildman–Crippen LogP) is -5.97. The Morgan fingerprint density at radius 3 is 2.02 bits per heavy atom. The number of carbonyl (C=O) groups excluding carboxylic acids is 1. The summed E-state index contributed by atoms with van der Waals surface area (Å²) in [5.74, 6) is -1.06. The Bertz CT molecular complexity index is 764. The van der Waals surface area contributed by atoms with Crippen molar-refractivity contribution in [2.45, 2.75) is 114 Å². The number of nitrogens with one attached hydrogen (secondary N) is 1. The highest BCUT2D eigenvalue weighted by Gasteiger charge is 2.53. The average molecular weight is 588 g/mol. The van der Waals surface area contributed by atoms with Crippen LogP contribution in [-0.2, 0) is 33.2 Å². The smallest absolute Gasteiger partial charge is 0.217 e. The van der Waals surface area contributed by atoms with Gasteiger partial charge in [0.1, 0.15) is 48.7 Å². The van der Waals surface area contributed by atoms with Crippen molar-refractivity contribution >= 4 is 5.91 Å². The first-order chi connectivity index (χ1) is 18.8. The summed E-state index contributed by atoms with van der Waals surface area (Å²) >= 11 is 0. The van der Waals surface area contributed by atoms with E-state index in [1.165, 1.54) is 21.0 Å². The molecule has 0 aromatic rings. The Kier molecular flexibility index (Phi) is 14.0. The zero-order chi connectivity index (χ0) is 30.3. The van der Waals surface area contributed by atoms with Crippen molar-refractivity contribution in [1.82, 2.24) is 5.32 Å². The fraction of sp³-hybridized carbons (Fsp3) is 0.958.